The van der Waals surface area contributed by atoms with Gasteiger partial charge in [0.25, 0.3) is 5.91 Å². The zero-order chi connectivity index (χ0) is 15.3. The summed E-state index contributed by atoms with van der Waals surface area (Å²) in [7, 11) is 0. The van der Waals surface area contributed by atoms with Gasteiger partial charge in [-0.3, -0.25) is 9.59 Å². The number of nitrogens with one attached hydrogen (secondary N) is 1. The number of carbonyl (C=O) groups excluding carboxylic acids is 1. The second-order valence-corrected chi connectivity index (χ2v) is 4.00. The Hall–Kier alpha value is -2.77. The second-order valence-electron chi connectivity index (χ2n) is 4.00. The highest BCUT2D eigenvalue weighted by Gasteiger charge is 2.22. The molecule has 0 aliphatic rings. The van der Waals surface area contributed by atoms with Gasteiger partial charge in [-0.2, -0.15) is 0 Å². The highest BCUT2D eigenvalue weighted by molar-refractivity contribution is 5.97. The summed E-state index contributed by atoms with van der Waals surface area (Å²) in [4.78, 5) is 33.1. The minimum atomic E-state index is -1.36. The molecule has 1 atom stereocenters. The van der Waals surface area contributed by atoms with E-state index in [4.69, 9.17) is 15.3 Å². The molecule has 0 saturated heterocycles. The summed E-state index contributed by atoms with van der Waals surface area (Å²) in [5.41, 5.74) is -0.0538. The molecule has 0 radical (unpaired) electrons. The highest BCUT2D eigenvalue weighted by atomic mass is 16.4. The van der Waals surface area contributed by atoms with Crippen molar-refractivity contribution in [2.24, 2.45) is 0 Å². The van der Waals surface area contributed by atoms with Crippen LogP contribution in [0.2, 0.25) is 0 Å². The first kappa shape index (κ1) is 15.3. The summed E-state index contributed by atoms with van der Waals surface area (Å²) in [6.07, 6.45) is -0.668. The predicted molar refractivity (Wildman–Crippen MR) is 65.5 cm³/mol. The lowest BCUT2D eigenvalue weighted by molar-refractivity contribution is -0.140. The van der Waals surface area contributed by atoms with E-state index in [1.54, 1.807) is 0 Å². The van der Waals surface area contributed by atoms with Crippen LogP contribution in [-0.4, -0.2) is 44.3 Å². The summed E-state index contributed by atoms with van der Waals surface area (Å²) in [5.74, 6) is -4.26. The number of phenols is 2. The van der Waals surface area contributed by atoms with Crippen LogP contribution in [0, 0.1) is 0 Å². The smallest absolute Gasteiger partial charge is 0.326 e. The van der Waals surface area contributed by atoms with E-state index in [1.807, 2.05) is 0 Å². The first-order chi connectivity index (χ1) is 9.31. The number of carboxylic acids is 2. The zero-order valence-electron chi connectivity index (χ0n) is 10.2. The largest absolute Gasteiger partial charge is 0.504 e. The van der Waals surface area contributed by atoms with Crippen LogP contribution in [0.3, 0.4) is 0 Å². The Morgan fingerprint density at radius 1 is 1.10 bits per heavy atom. The maximum absolute atomic E-state index is 11.8. The minimum Gasteiger partial charge on any atom is -0.504 e. The number of hydrogen-bond acceptors (Lipinski definition) is 5. The molecular weight excluding hydrogens is 270 g/mol. The van der Waals surface area contributed by atoms with E-state index in [1.165, 1.54) is 6.07 Å². The molecule has 0 aromatic heterocycles. The Labute approximate surface area is 113 Å². The molecule has 108 valence electrons. The Morgan fingerprint density at radius 2 is 1.75 bits per heavy atom. The van der Waals surface area contributed by atoms with Crippen LogP contribution in [0.4, 0.5) is 0 Å². The van der Waals surface area contributed by atoms with E-state index >= 15 is 0 Å². The maximum Gasteiger partial charge on any atom is 0.326 e. The van der Waals surface area contributed by atoms with Gasteiger partial charge in [0.15, 0.2) is 11.5 Å². The lowest BCUT2D eigenvalue weighted by Crippen LogP contribution is -2.41. The molecule has 0 heterocycles. The maximum atomic E-state index is 11.8. The molecule has 0 aliphatic carbocycles. The second kappa shape index (κ2) is 6.41. The fraction of sp³-hybridized carbons (Fsp3) is 0.250. The van der Waals surface area contributed by atoms with Crippen molar-refractivity contribution in [3.8, 4) is 11.5 Å². The summed E-state index contributed by atoms with van der Waals surface area (Å²) in [6.45, 7) is 0. The SMILES string of the molecule is O=C(O)CC[C@H](NC(=O)c1ccc(O)c(O)c1)C(=O)O. The standard InChI is InChI=1S/C12H13NO7/c14-8-3-1-6(5-9(8)15)11(18)13-7(12(19)20)2-4-10(16)17/h1,3,5,7,14-15H,2,4H2,(H,13,18)(H,16,17)(H,19,20)/t7-/m0/s1. The van der Waals surface area contributed by atoms with Crippen LogP contribution in [0.15, 0.2) is 18.2 Å². The topological polar surface area (TPSA) is 144 Å². The van der Waals surface area contributed by atoms with Crippen LogP contribution in [0.5, 0.6) is 11.5 Å². The van der Waals surface area contributed by atoms with Crippen molar-refractivity contribution >= 4 is 17.8 Å². The molecule has 0 fully saturated rings. The molecular formula is C12H13NO7. The molecule has 0 unspecified atom stereocenters. The molecule has 0 aliphatic heterocycles. The van der Waals surface area contributed by atoms with E-state index < -0.39 is 41.8 Å². The average Bonchev–Trinajstić information content (AvgIpc) is 2.36. The van der Waals surface area contributed by atoms with Crippen molar-refractivity contribution in [1.29, 1.82) is 0 Å². The number of aliphatic carboxylic acids is 2. The normalized spacial score (nSPS) is 11.6. The van der Waals surface area contributed by atoms with Crippen molar-refractivity contribution in [1.82, 2.24) is 5.32 Å². The number of aromatic hydroxyl groups is 2. The monoisotopic (exact) mass is 283 g/mol. The number of amides is 1. The first-order valence-electron chi connectivity index (χ1n) is 5.58. The molecule has 20 heavy (non-hydrogen) atoms. The number of benzene rings is 1. The Balaban J connectivity index is 2.77. The van der Waals surface area contributed by atoms with Crippen LogP contribution >= 0.6 is 0 Å². The fourth-order valence-electron chi connectivity index (χ4n) is 1.43. The molecule has 1 aromatic carbocycles. The van der Waals surface area contributed by atoms with Gasteiger partial charge in [-0.1, -0.05) is 0 Å². The molecule has 0 bridgehead atoms. The van der Waals surface area contributed by atoms with Crippen molar-refractivity contribution < 1.29 is 34.8 Å². The van der Waals surface area contributed by atoms with Gasteiger partial charge < -0.3 is 25.7 Å². The van der Waals surface area contributed by atoms with Crippen LogP contribution in [0.25, 0.3) is 0 Å². The van der Waals surface area contributed by atoms with Crippen molar-refractivity contribution in [2.45, 2.75) is 18.9 Å². The molecule has 1 rings (SSSR count). The van der Waals surface area contributed by atoms with E-state index in [-0.39, 0.29) is 12.0 Å². The van der Waals surface area contributed by atoms with Crippen molar-refractivity contribution in [3.63, 3.8) is 0 Å². The predicted octanol–water partition coefficient (Wildman–Crippen LogP) is 0.146. The third-order valence-corrected chi connectivity index (χ3v) is 2.49. The summed E-state index contributed by atoms with van der Waals surface area (Å²) in [6, 6.07) is 1.90. The third-order valence-electron chi connectivity index (χ3n) is 2.49. The van der Waals surface area contributed by atoms with Gasteiger partial charge >= 0.3 is 11.9 Å². The fourth-order valence-corrected chi connectivity index (χ4v) is 1.43. The van der Waals surface area contributed by atoms with Gasteiger partial charge in [0.05, 0.1) is 0 Å². The molecule has 0 saturated carbocycles. The number of carboxylic acid groups (broad SMARTS) is 2. The average molecular weight is 283 g/mol. The van der Waals surface area contributed by atoms with Crippen LogP contribution in [-0.2, 0) is 9.59 Å². The van der Waals surface area contributed by atoms with Crippen LogP contribution in [0.1, 0.15) is 23.2 Å². The molecule has 8 heteroatoms. The van der Waals surface area contributed by atoms with Gasteiger partial charge in [-0.25, -0.2) is 4.79 Å². The lowest BCUT2D eigenvalue weighted by atomic mass is 10.1. The summed E-state index contributed by atoms with van der Waals surface area (Å²) >= 11 is 0. The minimum absolute atomic E-state index is 0.0538. The molecule has 1 amide bonds. The molecule has 5 N–H and O–H groups in total. The quantitative estimate of drug-likeness (QED) is 0.467. The zero-order valence-corrected chi connectivity index (χ0v) is 10.2. The van der Waals surface area contributed by atoms with E-state index in [2.05, 4.69) is 5.32 Å². The number of carbonyl (C=O) groups is 3. The van der Waals surface area contributed by atoms with Gasteiger partial charge in [-0.15, -0.1) is 0 Å². The van der Waals surface area contributed by atoms with Gasteiger partial charge in [-0.05, 0) is 24.6 Å². The van der Waals surface area contributed by atoms with Gasteiger partial charge in [0, 0.05) is 12.0 Å². The van der Waals surface area contributed by atoms with E-state index in [0.29, 0.717) is 0 Å². The third kappa shape index (κ3) is 4.16. The van der Waals surface area contributed by atoms with Crippen LogP contribution < -0.4 is 5.32 Å². The first-order valence-corrected chi connectivity index (χ1v) is 5.58. The van der Waals surface area contributed by atoms with E-state index in [0.717, 1.165) is 12.1 Å². The highest BCUT2D eigenvalue weighted by Crippen LogP contribution is 2.24. The summed E-state index contributed by atoms with van der Waals surface area (Å²) < 4.78 is 0. The van der Waals surface area contributed by atoms with Crippen molar-refractivity contribution in [3.05, 3.63) is 23.8 Å². The van der Waals surface area contributed by atoms with E-state index in [9.17, 15) is 19.5 Å². The molecule has 8 nitrogen and oxygen atoms in total. The molecule has 0 spiro atoms. The molecule has 1 aromatic rings. The number of rotatable bonds is 6. The van der Waals surface area contributed by atoms with Crippen molar-refractivity contribution in [2.75, 3.05) is 0 Å². The van der Waals surface area contributed by atoms with Gasteiger partial charge in [0.1, 0.15) is 6.04 Å². The number of hydrogen-bond donors (Lipinski definition) is 5. The van der Waals surface area contributed by atoms with Gasteiger partial charge in [0.2, 0.25) is 0 Å². The Kier molecular flexibility index (Phi) is 4.90. The Bertz CT molecular complexity index is 541. The number of phenolic OH excluding ortho intramolecular Hbond substituents is 2. The summed E-state index contributed by atoms with van der Waals surface area (Å²) in [5, 5.41) is 37.9. The lowest BCUT2D eigenvalue weighted by Gasteiger charge is -2.13. The Morgan fingerprint density at radius 3 is 2.25 bits per heavy atom.